The van der Waals surface area contributed by atoms with E-state index in [0.29, 0.717) is 16.9 Å². The highest BCUT2D eigenvalue weighted by Gasteiger charge is 2.21. The minimum absolute atomic E-state index is 0.153. The number of anilines is 2. The quantitative estimate of drug-likeness (QED) is 0.306. The van der Waals surface area contributed by atoms with E-state index in [9.17, 15) is 4.79 Å². The lowest BCUT2D eigenvalue weighted by molar-refractivity contribution is -0.130. The van der Waals surface area contributed by atoms with E-state index in [2.05, 4.69) is 25.2 Å². The molecule has 150 valence electrons. The fourth-order valence-corrected chi connectivity index (χ4v) is 3.93. The monoisotopic (exact) mass is 441 g/mol. The van der Waals surface area contributed by atoms with E-state index in [4.69, 9.17) is 28.0 Å². The number of piperazine rings is 1. The van der Waals surface area contributed by atoms with Gasteiger partial charge in [0.2, 0.25) is 0 Å². The molecule has 7 nitrogen and oxygen atoms in total. The molecule has 1 amide bonds. The van der Waals surface area contributed by atoms with Gasteiger partial charge in [0.1, 0.15) is 11.0 Å². The molecule has 1 aromatic carbocycles. The first-order valence-corrected chi connectivity index (χ1v) is 10.6. The van der Waals surface area contributed by atoms with Crippen molar-refractivity contribution in [2.24, 2.45) is 0 Å². The summed E-state index contributed by atoms with van der Waals surface area (Å²) in [7, 11) is 0. The van der Waals surface area contributed by atoms with Gasteiger partial charge in [-0.05, 0) is 19.1 Å². The van der Waals surface area contributed by atoms with E-state index in [0.717, 1.165) is 42.7 Å². The Kier molecular flexibility index (Phi) is 7.61. The van der Waals surface area contributed by atoms with Gasteiger partial charge in [-0.1, -0.05) is 47.1 Å². The van der Waals surface area contributed by atoms with Crippen LogP contribution in [0.2, 0.25) is 10.2 Å². The third kappa shape index (κ3) is 5.64. The van der Waals surface area contributed by atoms with Gasteiger partial charge in [0, 0.05) is 32.2 Å². The average Bonchev–Trinajstić information content (AvgIpc) is 2.71. The summed E-state index contributed by atoms with van der Waals surface area (Å²) in [5.41, 5.74) is 3.39. The van der Waals surface area contributed by atoms with E-state index >= 15 is 0 Å². The van der Waals surface area contributed by atoms with E-state index in [1.807, 2.05) is 24.3 Å². The Labute approximate surface area is 178 Å². The van der Waals surface area contributed by atoms with Gasteiger partial charge >= 0.3 is 0 Å². The molecule has 0 aliphatic carbocycles. The van der Waals surface area contributed by atoms with E-state index in [-0.39, 0.29) is 11.7 Å². The van der Waals surface area contributed by atoms with Gasteiger partial charge in [-0.15, -0.1) is 0 Å². The van der Waals surface area contributed by atoms with Crippen LogP contribution in [0.3, 0.4) is 0 Å². The number of para-hydroxylation sites is 1. The highest BCUT2D eigenvalue weighted by atomic mass is 35.5. The van der Waals surface area contributed by atoms with Crippen molar-refractivity contribution in [2.45, 2.75) is 12.1 Å². The molecule has 0 unspecified atom stereocenters. The first kappa shape index (κ1) is 21.0. The number of rotatable bonds is 7. The lowest BCUT2D eigenvalue weighted by Crippen LogP contribution is -2.47. The maximum Gasteiger partial charge on any atom is 0.254 e. The zero-order valence-electron chi connectivity index (χ0n) is 15.4. The van der Waals surface area contributed by atoms with Crippen LogP contribution >= 0.6 is 35.0 Å². The Bertz CT molecular complexity index is 818. The van der Waals surface area contributed by atoms with Gasteiger partial charge in [-0.2, -0.15) is 0 Å². The number of carbonyl (C=O) groups is 1. The third-order valence-electron chi connectivity index (χ3n) is 4.12. The minimum atomic E-state index is -0.245. The van der Waals surface area contributed by atoms with Crippen LogP contribution in [0.25, 0.3) is 0 Å². The Morgan fingerprint density at radius 1 is 1.18 bits per heavy atom. The van der Waals surface area contributed by atoms with Crippen LogP contribution in [0.15, 0.2) is 35.5 Å². The number of carbonyl (C=O) groups excluding carboxylic acids is 1. The molecule has 28 heavy (non-hydrogen) atoms. The molecule has 2 aromatic rings. The normalized spacial score (nSPS) is 14.2. The molecule has 1 aliphatic rings. The number of thioether (sulfide) groups is 1. The summed E-state index contributed by atoms with van der Waals surface area (Å²) >= 11 is 13.7. The molecule has 0 atom stereocenters. The average molecular weight is 442 g/mol. The van der Waals surface area contributed by atoms with Crippen LogP contribution in [0.4, 0.5) is 11.5 Å². The number of nitrogens with zero attached hydrogens (tertiary/aromatic N) is 4. The SMILES string of the molecule is CCONC(=O)CSc1nc(Cl)cc(N2CCN(c3ccccc3Cl)CC2)n1. The summed E-state index contributed by atoms with van der Waals surface area (Å²) in [6, 6.07) is 9.60. The number of aromatic nitrogens is 2. The predicted molar refractivity (Wildman–Crippen MR) is 113 cm³/mol. The van der Waals surface area contributed by atoms with Crippen molar-refractivity contribution in [3.63, 3.8) is 0 Å². The van der Waals surface area contributed by atoms with Gasteiger partial charge < -0.3 is 9.80 Å². The second-order valence-corrected chi connectivity index (χ2v) is 7.74. The minimum Gasteiger partial charge on any atom is -0.367 e. The molecule has 0 radical (unpaired) electrons. The molecule has 0 bridgehead atoms. The van der Waals surface area contributed by atoms with Gasteiger partial charge in [-0.3, -0.25) is 9.63 Å². The van der Waals surface area contributed by atoms with Crippen LogP contribution < -0.4 is 15.3 Å². The molecule has 1 saturated heterocycles. The molecule has 1 aliphatic heterocycles. The zero-order chi connectivity index (χ0) is 19.9. The fraction of sp³-hybridized carbons (Fsp3) is 0.389. The summed E-state index contributed by atoms with van der Waals surface area (Å²) in [5.74, 6) is 0.664. The number of benzene rings is 1. The second kappa shape index (κ2) is 10.2. The molecule has 3 rings (SSSR count). The van der Waals surface area contributed by atoms with Crippen molar-refractivity contribution in [1.82, 2.24) is 15.4 Å². The number of amides is 1. The summed E-state index contributed by atoms with van der Waals surface area (Å²) in [6.07, 6.45) is 0. The highest BCUT2D eigenvalue weighted by molar-refractivity contribution is 7.99. The van der Waals surface area contributed by atoms with Crippen LogP contribution in [-0.2, 0) is 9.63 Å². The van der Waals surface area contributed by atoms with E-state index in [1.54, 1.807) is 13.0 Å². The molecule has 0 saturated carbocycles. The van der Waals surface area contributed by atoms with Crippen molar-refractivity contribution in [2.75, 3.05) is 48.3 Å². The number of hydrogen-bond acceptors (Lipinski definition) is 7. The van der Waals surface area contributed by atoms with Crippen molar-refractivity contribution >= 4 is 52.4 Å². The number of halogens is 2. The van der Waals surface area contributed by atoms with E-state index in [1.165, 1.54) is 11.8 Å². The zero-order valence-corrected chi connectivity index (χ0v) is 17.7. The predicted octanol–water partition coefficient (Wildman–Crippen LogP) is 3.27. The van der Waals surface area contributed by atoms with Crippen LogP contribution in [0.5, 0.6) is 0 Å². The van der Waals surface area contributed by atoms with Crippen LogP contribution in [0.1, 0.15) is 6.92 Å². The van der Waals surface area contributed by atoms with Gasteiger partial charge in [0.25, 0.3) is 5.91 Å². The first-order valence-electron chi connectivity index (χ1n) is 8.89. The Morgan fingerprint density at radius 2 is 1.89 bits per heavy atom. The van der Waals surface area contributed by atoms with Crippen molar-refractivity contribution in [1.29, 1.82) is 0 Å². The van der Waals surface area contributed by atoms with E-state index < -0.39 is 0 Å². The molecule has 1 fully saturated rings. The maximum atomic E-state index is 11.7. The topological polar surface area (TPSA) is 70.6 Å². The Morgan fingerprint density at radius 3 is 2.61 bits per heavy atom. The third-order valence-corrected chi connectivity index (χ3v) is 5.48. The summed E-state index contributed by atoms with van der Waals surface area (Å²) in [6.45, 7) is 5.43. The molecule has 10 heteroatoms. The van der Waals surface area contributed by atoms with Crippen LogP contribution in [-0.4, -0.2) is 54.4 Å². The lowest BCUT2D eigenvalue weighted by atomic mass is 10.2. The Balaban J connectivity index is 1.61. The summed E-state index contributed by atoms with van der Waals surface area (Å²) in [5, 5.41) is 1.57. The molecule has 0 spiro atoms. The highest BCUT2D eigenvalue weighted by Crippen LogP contribution is 2.28. The number of hydroxylamine groups is 1. The molecule has 1 N–H and O–H groups in total. The Hall–Kier alpha value is -1.74. The van der Waals surface area contributed by atoms with Crippen molar-refractivity contribution < 1.29 is 9.63 Å². The number of hydrogen-bond donors (Lipinski definition) is 1. The van der Waals surface area contributed by atoms with Crippen molar-refractivity contribution in [3.05, 3.63) is 40.5 Å². The molecular formula is C18H21Cl2N5O2S. The van der Waals surface area contributed by atoms with Gasteiger partial charge in [0.15, 0.2) is 5.16 Å². The first-order chi connectivity index (χ1) is 13.6. The van der Waals surface area contributed by atoms with Crippen molar-refractivity contribution in [3.8, 4) is 0 Å². The number of nitrogens with one attached hydrogen (secondary N) is 1. The standard InChI is InChI=1S/C18H21Cl2N5O2S/c1-2-27-23-17(26)12-28-18-21-15(20)11-16(22-18)25-9-7-24(8-10-25)14-6-4-3-5-13(14)19/h3-6,11H,2,7-10,12H2,1H3,(H,23,26). The summed E-state index contributed by atoms with van der Waals surface area (Å²) < 4.78 is 0. The molecular weight excluding hydrogens is 421 g/mol. The summed E-state index contributed by atoms with van der Waals surface area (Å²) in [4.78, 5) is 29.7. The van der Waals surface area contributed by atoms with Gasteiger partial charge in [-0.25, -0.2) is 15.4 Å². The molecule has 1 aromatic heterocycles. The largest absolute Gasteiger partial charge is 0.367 e. The lowest BCUT2D eigenvalue weighted by Gasteiger charge is -2.37. The smallest absolute Gasteiger partial charge is 0.254 e. The molecule has 2 heterocycles. The van der Waals surface area contributed by atoms with Crippen LogP contribution in [0, 0.1) is 0 Å². The van der Waals surface area contributed by atoms with Gasteiger partial charge in [0.05, 0.1) is 23.1 Å². The maximum absolute atomic E-state index is 11.7. The fourth-order valence-electron chi connectivity index (χ4n) is 2.81. The second-order valence-electron chi connectivity index (χ2n) is 6.00.